The molecular formula is C16H13BrF2O2. The van der Waals surface area contributed by atoms with Gasteiger partial charge in [-0.25, -0.2) is 8.78 Å². The highest BCUT2D eigenvalue weighted by atomic mass is 79.9. The van der Waals surface area contributed by atoms with Crippen LogP contribution in [0.3, 0.4) is 0 Å². The van der Waals surface area contributed by atoms with Gasteiger partial charge in [-0.15, -0.1) is 0 Å². The highest BCUT2D eigenvalue weighted by Gasteiger charge is 2.11. The fourth-order valence-corrected chi connectivity index (χ4v) is 2.35. The number of hydrogen-bond donors (Lipinski definition) is 0. The maximum Gasteiger partial charge on any atom is 0.159 e. The molecule has 110 valence electrons. The van der Waals surface area contributed by atoms with Crippen molar-refractivity contribution in [3.8, 4) is 5.75 Å². The van der Waals surface area contributed by atoms with Crippen LogP contribution in [0, 0.1) is 11.6 Å². The van der Waals surface area contributed by atoms with Gasteiger partial charge < -0.3 is 4.74 Å². The zero-order chi connectivity index (χ0) is 15.4. The van der Waals surface area contributed by atoms with Crippen molar-refractivity contribution in [3.63, 3.8) is 0 Å². The van der Waals surface area contributed by atoms with Crippen molar-refractivity contribution in [2.24, 2.45) is 0 Å². The number of methoxy groups -OCH3 is 1. The predicted octanol–water partition coefficient (Wildman–Crippen LogP) is 4.09. The minimum atomic E-state index is -0.942. The lowest BCUT2D eigenvalue weighted by Crippen LogP contribution is -2.07. The first-order chi connectivity index (χ1) is 9.99. The number of carbonyl (C=O) groups is 1. The summed E-state index contributed by atoms with van der Waals surface area (Å²) >= 11 is 3.38. The predicted molar refractivity (Wildman–Crippen MR) is 79.5 cm³/mol. The molecule has 0 spiro atoms. The molecule has 0 saturated carbocycles. The summed E-state index contributed by atoms with van der Waals surface area (Å²) in [6.07, 6.45) is 0.248. The van der Waals surface area contributed by atoms with E-state index >= 15 is 0 Å². The number of carbonyl (C=O) groups excluding carboxylic acids is 1. The van der Waals surface area contributed by atoms with Crippen LogP contribution in [-0.2, 0) is 17.6 Å². The molecular weight excluding hydrogens is 342 g/mol. The summed E-state index contributed by atoms with van der Waals surface area (Å²) in [6, 6.07) is 8.85. The number of halogens is 3. The Kier molecular flexibility index (Phi) is 5.07. The maximum absolute atomic E-state index is 13.1. The molecule has 0 bridgehead atoms. The first-order valence-electron chi connectivity index (χ1n) is 6.27. The fourth-order valence-electron chi connectivity index (χ4n) is 1.97. The minimum Gasteiger partial charge on any atom is -0.497 e. The molecule has 0 unspecified atom stereocenters. The lowest BCUT2D eigenvalue weighted by molar-refractivity contribution is -0.117. The van der Waals surface area contributed by atoms with E-state index in [-0.39, 0.29) is 18.6 Å². The molecule has 0 aliphatic heterocycles. The lowest BCUT2D eigenvalue weighted by atomic mass is 10.0. The van der Waals surface area contributed by atoms with Gasteiger partial charge in [0.2, 0.25) is 0 Å². The van der Waals surface area contributed by atoms with Crippen LogP contribution in [0.5, 0.6) is 5.75 Å². The van der Waals surface area contributed by atoms with Crippen LogP contribution in [-0.4, -0.2) is 12.9 Å². The highest BCUT2D eigenvalue weighted by Crippen LogP contribution is 2.23. The Morgan fingerprint density at radius 2 is 1.86 bits per heavy atom. The second kappa shape index (κ2) is 6.80. The zero-order valence-corrected chi connectivity index (χ0v) is 12.9. The SMILES string of the molecule is COc1ccc(Br)c(CC(=O)Cc2ccc(F)c(F)c2)c1. The molecule has 2 aromatic carbocycles. The summed E-state index contributed by atoms with van der Waals surface area (Å²) in [7, 11) is 1.55. The molecule has 2 nitrogen and oxygen atoms in total. The van der Waals surface area contributed by atoms with Crippen molar-refractivity contribution in [2.45, 2.75) is 12.8 Å². The van der Waals surface area contributed by atoms with Gasteiger partial charge in [0.05, 0.1) is 7.11 Å². The smallest absolute Gasteiger partial charge is 0.159 e. The number of benzene rings is 2. The number of ether oxygens (including phenoxy) is 1. The van der Waals surface area contributed by atoms with Gasteiger partial charge in [0.15, 0.2) is 11.6 Å². The van der Waals surface area contributed by atoms with Crippen molar-refractivity contribution in [3.05, 3.63) is 63.6 Å². The Balaban J connectivity index is 2.09. The quantitative estimate of drug-likeness (QED) is 0.808. The van der Waals surface area contributed by atoms with E-state index in [1.165, 1.54) is 6.07 Å². The van der Waals surface area contributed by atoms with Crippen LogP contribution in [0.4, 0.5) is 8.78 Å². The number of Topliss-reactive ketones (excluding diaryl/α,β-unsaturated/α-hetero) is 1. The first-order valence-corrected chi connectivity index (χ1v) is 7.07. The molecule has 0 fully saturated rings. The molecule has 0 heterocycles. The third-order valence-corrected chi connectivity index (χ3v) is 3.80. The summed E-state index contributed by atoms with van der Waals surface area (Å²) in [4.78, 5) is 12.1. The second-order valence-corrected chi connectivity index (χ2v) is 5.45. The van der Waals surface area contributed by atoms with Gasteiger partial charge in [-0.2, -0.15) is 0 Å². The zero-order valence-electron chi connectivity index (χ0n) is 11.3. The summed E-state index contributed by atoms with van der Waals surface area (Å²) in [5.74, 6) is -1.28. The standard InChI is InChI=1S/C16H13BrF2O2/c1-21-13-3-4-14(17)11(9-13)8-12(20)6-10-2-5-15(18)16(19)7-10/h2-5,7,9H,6,8H2,1H3. The number of rotatable bonds is 5. The molecule has 0 saturated heterocycles. The van der Waals surface area contributed by atoms with Crippen LogP contribution >= 0.6 is 15.9 Å². The summed E-state index contributed by atoms with van der Waals surface area (Å²) in [6.45, 7) is 0. The van der Waals surface area contributed by atoms with Crippen molar-refractivity contribution < 1.29 is 18.3 Å². The molecule has 0 atom stereocenters. The molecule has 0 aliphatic carbocycles. The van der Waals surface area contributed by atoms with Crippen LogP contribution < -0.4 is 4.74 Å². The summed E-state index contributed by atoms with van der Waals surface area (Å²) < 4.78 is 31.9. The molecule has 0 N–H and O–H groups in total. The van der Waals surface area contributed by atoms with E-state index in [4.69, 9.17) is 4.74 Å². The van der Waals surface area contributed by atoms with Gasteiger partial charge in [0, 0.05) is 17.3 Å². The van der Waals surface area contributed by atoms with E-state index in [9.17, 15) is 13.6 Å². The Labute approximate surface area is 129 Å². The van der Waals surface area contributed by atoms with E-state index in [1.807, 2.05) is 0 Å². The molecule has 0 aliphatic rings. The number of hydrogen-bond acceptors (Lipinski definition) is 2. The van der Waals surface area contributed by atoms with Crippen molar-refractivity contribution in [1.29, 1.82) is 0 Å². The molecule has 2 aromatic rings. The molecule has 5 heteroatoms. The molecule has 21 heavy (non-hydrogen) atoms. The topological polar surface area (TPSA) is 26.3 Å². The minimum absolute atomic E-state index is 0.0564. The van der Waals surface area contributed by atoms with Crippen LogP contribution in [0.1, 0.15) is 11.1 Å². The van der Waals surface area contributed by atoms with Crippen LogP contribution in [0.2, 0.25) is 0 Å². The van der Waals surface area contributed by atoms with Gasteiger partial charge in [0.1, 0.15) is 11.5 Å². The van der Waals surface area contributed by atoms with Gasteiger partial charge in [-0.3, -0.25) is 4.79 Å². The van der Waals surface area contributed by atoms with Gasteiger partial charge in [0.25, 0.3) is 0 Å². The lowest BCUT2D eigenvalue weighted by Gasteiger charge is -2.07. The van der Waals surface area contributed by atoms with Crippen LogP contribution in [0.15, 0.2) is 40.9 Å². The first kappa shape index (κ1) is 15.6. The average Bonchev–Trinajstić information content (AvgIpc) is 2.45. The van der Waals surface area contributed by atoms with Gasteiger partial charge >= 0.3 is 0 Å². The normalized spacial score (nSPS) is 10.5. The van der Waals surface area contributed by atoms with E-state index < -0.39 is 11.6 Å². The van der Waals surface area contributed by atoms with E-state index in [0.29, 0.717) is 11.3 Å². The van der Waals surface area contributed by atoms with Crippen molar-refractivity contribution in [2.75, 3.05) is 7.11 Å². The highest BCUT2D eigenvalue weighted by molar-refractivity contribution is 9.10. The largest absolute Gasteiger partial charge is 0.497 e. The van der Waals surface area contributed by atoms with Crippen molar-refractivity contribution >= 4 is 21.7 Å². The molecule has 0 radical (unpaired) electrons. The van der Waals surface area contributed by atoms with Crippen LogP contribution in [0.25, 0.3) is 0 Å². The monoisotopic (exact) mass is 354 g/mol. The third kappa shape index (κ3) is 4.11. The summed E-state index contributed by atoms with van der Waals surface area (Å²) in [5.41, 5.74) is 1.25. The Morgan fingerprint density at radius 3 is 2.52 bits per heavy atom. The Hall–Kier alpha value is -1.75. The van der Waals surface area contributed by atoms with E-state index in [1.54, 1.807) is 25.3 Å². The Bertz CT molecular complexity index is 671. The van der Waals surface area contributed by atoms with E-state index in [0.717, 1.165) is 22.2 Å². The molecule has 0 amide bonds. The average molecular weight is 355 g/mol. The van der Waals surface area contributed by atoms with Crippen molar-refractivity contribution in [1.82, 2.24) is 0 Å². The Morgan fingerprint density at radius 1 is 1.10 bits per heavy atom. The number of ketones is 1. The van der Waals surface area contributed by atoms with Gasteiger partial charge in [-0.05, 0) is 41.5 Å². The molecule has 0 aromatic heterocycles. The second-order valence-electron chi connectivity index (χ2n) is 4.60. The maximum atomic E-state index is 13.1. The van der Waals surface area contributed by atoms with E-state index in [2.05, 4.69) is 15.9 Å². The fraction of sp³-hybridized carbons (Fsp3) is 0.188. The summed E-state index contributed by atoms with van der Waals surface area (Å²) in [5, 5.41) is 0. The third-order valence-electron chi connectivity index (χ3n) is 3.03. The molecule has 2 rings (SSSR count). The van der Waals surface area contributed by atoms with Gasteiger partial charge in [-0.1, -0.05) is 22.0 Å².